The van der Waals surface area contributed by atoms with Crippen molar-refractivity contribution < 1.29 is 4.42 Å². The summed E-state index contributed by atoms with van der Waals surface area (Å²) in [6, 6.07) is 2.04. The summed E-state index contributed by atoms with van der Waals surface area (Å²) in [6.07, 6.45) is 0. The molecule has 0 fully saturated rings. The van der Waals surface area contributed by atoms with E-state index in [4.69, 9.17) is 10.2 Å². The SMILES string of the molecule is Cc1cc(-c2csc(C(N)C(C)C)n2)c(C)o1. The van der Waals surface area contributed by atoms with Crippen LogP contribution in [0.5, 0.6) is 0 Å². The van der Waals surface area contributed by atoms with Crippen molar-refractivity contribution >= 4 is 11.3 Å². The summed E-state index contributed by atoms with van der Waals surface area (Å²) in [5, 5.41) is 3.04. The zero-order valence-corrected chi connectivity index (χ0v) is 11.5. The molecule has 0 aliphatic carbocycles. The lowest BCUT2D eigenvalue weighted by Gasteiger charge is -2.11. The van der Waals surface area contributed by atoms with Crippen molar-refractivity contribution in [2.45, 2.75) is 33.7 Å². The maximum atomic E-state index is 6.10. The van der Waals surface area contributed by atoms with Gasteiger partial charge in [-0.2, -0.15) is 0 Å². The molecule has 0 bridgehead atoms. The van der Waals surface area contributed by atoms with Gasteiger partial charge in [-0.15, -0.1) is 11.3 Å². The Balaban J connectivity index is 2.33. The molecular formula is C13H18N2OS. The molecule has 4 heteroatoms. The van der Waals surface area contributed by atoms with Crippen molar-refractivity contribution in [1.29, 1.82) is 0 Å². The maximum Gasteiger partial charge on any atom is 0.110 e. The Hall–Kier alpha value is -1.13. The molecule has 92 valence electrons. The molecule has 0 spiro atoms. The number of furan rings is 1. The number of rotatable bonds is 3. The fourth-order valence-corrected chi connectivity index (χ4v) is 2.73. The Bertz CT molecular complexity index is 513. The Morgan fingerprint density at radius 3 is 2.59 bits per heavy atom. The lowest BCUT2D eigenvalue weighted by Crippen LogP contribution is -2.16. The van der Waals surface area contributed by atoms with E-state index in [9.17, 15) is 0 Å². The van der Waals surface area contributed by atoms with Crippen LogP contribution >= 0.6 is 11.3 Å². The standard InChI is InChI=1S/C13H18N2OS/c1-7(2)12(14)13-15-11(6-17-13)10-5-8(3)16-9(10)4/h5-7,12H,14H2,1-4H3. The minimum Gasteiger partial charge on any atom is -0.466 e. The van der Waals surface area contributed by atoms with E-state index in [2.05, 4.69) is 24.2 Å². The van der Waals surface area contributed by atoms with Crippen molar-refractivity contribution in [3.63, 3.8) is 0 Å². The van der Waals surface area contributed by atoms with Crippen molar-refractivity contribution in [2.24, 2.45) is 11.7 Å². The average Bonchev–Trinajstić information content (AvgIpc) is 2.83. The van der Waals surface area contributed by atoms with Crippen LogP contribution in [0.3, 0.4) is 0 Å². The summed E-state index contributed by atoms with van der Waals surface area (Å²) < 4.78 is 5.52. The van der Waals surface area contributed by atoms with E-state index in [1.807, 2.05) is 19.9 Å². The van der Waals surface area contributed by atoms with Gasteiger partial charge in [0.05, 0.1) is 11.7 Å². The smallest absolute Gasteiger partial charge is 0.110 e. The van der Waals surface area contributed by atoms with Crippen LogP contribution in [-0.2, 0) is 0 Å². The van der Waals surface area contributed by atoms with Gasteiger partial charge in [-0.1, -0.05) is 13.8 Å². The number of nitrogens with two attached hydrogens (primary N) is 1. The van der Waals surface area contributed by atoms with Crippen LogP contribution < -0.4 is 5.73 Å². The summed E-state index contributed by atoms with van der Waals surface area (Å²) in [6.45, 7) is 8.13. The fraction of sp³-hybridized carbons (Fsp3) is 0.462. The quantitative estimate of drug-likeness (QED) is 0.904. The zero-order valence-electron chi connectivity index (χ0n) is 10.7. The number of nitrogens with zero attached hydrogens (tertiary/aromatic N) is 1. The Labute approximate surface area is 106 Å². The van der Waals surface area contributed by atoms with E-state index < -0.39 is 0 Å². The molecule has 2 aromatic heterocycles. The Kier molecular flexibility index (Phi) is 3.35. The van der Waals surface area contributed by atoms with Crippen LogP contribution in [0, 0.1) is 19.8 Å². The molecule has 0 aromatic carbocycles. The maximum absolute atomic E-state index is 6.10. The third kappa shape index (κ3) is 2.42. The molecule has 0 radical (unpaired) electrons. The van der Waals surface area contributed by atoms with E-state index in [0.717, 1.165) is 27.8 Å². The van der Waals surface area contributed by atoms with Gasteiger partial charge in [0.15, 0.2) is 0 Å². The van der Waals surface area contributed by atoms with E-state index in [1.54, 1.807) is 11.3 Å². The number of hydrogen-bond acceptors (Lipinski definition) is 4. The molecule has 0 aliphatic heterocycles. The summed E-state index contributed by atoms with van der Waals surface area (Å²) in [5.41, 5.74) is 8.14. The minimum absolute atomic E-state index is 0.0158. The summed E-state index contributed by atoms with van der Waals surface area (Å²) in [4.78, 5) is 4.61. The van der Waals surface area contributed by atoms with Crippen LogP contribution in [0.25, 0.3) is 11.3 Å². The van der Waals surface area contributed by atoms with Crippen LogP contribution in [0.2, 0.25) is 0 Å². The highest BCUT2D eigenvalue weighted by Gasteiger charge is 2.17. The van der Waals surface area contributed by atoms with Gasteiger partial charge in [0, 0.05) is 10.9 Å². The van der Waals surface area contributed by atoms with Crippen LogP contribution in [0.15, 0.2) is 15.9 Å². The van der Waals surface area contributed by atoms with Gasteiger partial charge in [0.2, 0.25) is 0 Å². The molecular weight excluding hydrogens is 232 g/mol. The van der Waals surface area contributed by atoms with Crippen LogP contribution in [-0.4, -0.2) is 4.98 Å². The minimum atomic E-state index is 0.0158. The van der Waals surface area contributed by atoms with Crippen LogP contribution in [0.4, 0.5) is 0 Å². The Morgan fingerprint density at radius 1 is 1.35 bits per heavy atom. The van der Waals surface area contributed by atoms with Crippen molar-refractivity contribution in [3.05, 3.63) is 28.0 Å². The van der Waals surface area contributed by atoms with Gasteiger partial charge in [-0.25, -0.2) is 4.98 Å². The summed E-state index contributed by atoms with van der Waals surface area (Å²) in [5.74, 6) is 2.24. The third-order valence-corrected chi connectivity index (χ3v) is 3.79. The molecule has 17 heavy (non-hydrogen) atoms. The number of aryl methyl sites for hydroxylation is 2. The summed E-state index contributed by atoms with van der Waals surface area (Å²) >= 11 is 1.62. The fourth-order valence-electron chi connectivity index (χ4n) is 1.73. The van der Waals surface area contributed by atoms with E-state index in [1.165, 1.54) is 0 Å². The predicted molar refractivity (Wildman–Crippen MR) is 71.1 cm³/mol. The number of hydrogen-bond donors (Lipinski definition) is 1. The number of aromatic nitrogens is 1. The van der Waals surface area contributed by atoms with Gasteiger partial charge >= 0.3 is 0 Å². The highest BCUT2D eigenvalue weighted by Crippen LogP contribution is 2.30. The monoisotopic (exact) mass is 250 g/mol. The largest absolute Gasteiger partial charge is 0.466 e. The summed E-state index contributed by atoms with van der Waals surface area (Å²) in [7, 11) is 0. The molecule has 0 aliphatic rings. The second kappa shape index (κ2) is 4.63. The van der Waals surface area contributed by atoms with Gasteiger partial charge < -0.3 is 10.2 Å². The highest BCUT2D eigenvalue weighted by atomic mass is 32.1. The third-order valence-electron chi connectivity index (χ3n) is 2.84. The second-order valence-corrected chi connectivity index (χ2v) is 5.56. The zero-order chi connectivity index (χ0) is 12.6. The predicted octanol–water partition coefficient (Wildman–Crippen LogP) is 3.68. The normalized spacial score (nSPS) is 13.3. The molecule has 1 atom stereocenters. The van der Waals surface area contributed by atoms with Gasteiger partial charge in [0.25, 0.3) is 0 Å². The van der Waals surface area contributed by atoms with Gasteiger partial charge in [-0.05, 0) is 25.8 Å². The first-order chi connectivity index (χ1) is 7.99. The average molecular weight is 250 g/mol. The lowest BCUT2D eigenvalue weighted by molar-refractivity contribution is 0.505. The van der Waals surface area contributed by atoms with Crippen molar-refractivity contribution in [2.75, 3.05) is 0 Å². The van der Waals surface area contributed by atoms with Gasteiger partial charge in [-0.3, -0.25) is 0 Å². The van der Waals surface area contributed by atoms with E-state index in [-0.39, 0.29) is 6.04 Å². The molecule has 2 aromatic rings. The molecule has 2 rings (SSSR count). The topological polar surface area (TPSA) is 52.0 Å². The second-order valence-electron chi connectivity index (χ2n) is 4.67. The van der Waals surface area contributed by atoms with E-state index >= 15 is 0 Å². The number of thiazole rings is 1. The first-order valence-electron chi connectivity index (χ1n) is 5.77. The van der Waals surface area contributed by atoms with Crippen molar-refractivity contribution in [1.82, 2.24) is 4.98 Å². The molecule has 2 heterocycles. The molecule has 0 saturated heterocycles. The molecule has 1 unspecified atom stereocenters. The molecule has 0 amide bonds. The molecule has 0 saturated carbocycles. The first-order valence-corrected chi connectivity index (χ1v) is 6.65. The van der Waals surface area contributed by atoms with Gasteiger partial charge in [0.1, 0.15) is 16.5 Å². The Morgan fingerprint density at radius 2 is 2.06 bits per heavy atom. The highest BCUT2D eigenvalue weighted by molar-refractivity contribution is 7.10. The van der Waals surface area contributed by atoms with Crippen molar-refractivity contribution in [3.8, 4) is 11.3 Å². The lowest BCUT2D eigenvalue weighted by atomic mass is 10.1. The molecule has 2 N–H and O–H groups in total. The first kappa shape index (κ1) is 12.3. The molecule has 3 nitrogen and oxygen atoms in total. The van der Waals surface area contributed by atoms with E-state index in [0.29, 0.717) is 5.92 Å². The van der Waals surface area contributed by atoms with Crippen LogP contribution in [0.1, 0.15) is 36.4 Å².